The first kappa shape index (κ1) is 23.0. The molecule has 0 saturated carbocycles. The number of hydrogen-bond acceptors (Lipinski definition) is 4. The second-order valence-electron chi connectivity index (χ2n) is 6.33. The molecule has 0 radical (unpaired) electrons. The van der Waals surface area contributed by atoms with Gasteiger partial charge in [-0.3, -0.25) is 25.2 Å². The van der Waals surface area contributed by atoms with Crippen LogP contribution in [0.15, 0.2) is 18.2 Å². The van der Waals surface area contributed by atoms with E-state index in [1.54, 1.807) is 18.2 Å². The maximum atomic E-state index is 11.7. The number of hydrogen-bond donors (Lipinski definition) is 3. The number of carbonyl (C=O) groups is 3. The Labute approximate surface area is 169 Å². The van der Waals surface area contributed by atoms with Crippen LogP contribution in [0.3, 0.4) is 0 Å². The second kappa shape index (κ2) is 12.4. The van der Waals surface area contributed by atoms with Gasteiger partial charge in [-0.15, -0.1) is 0 Å². The molecule has 0 bridgehead atoms. The molecular weight excluding hydrogens is 393 g/mol. The number of hydrazine groups is 1. The number of amides is 3. The Kier molecular flexibility index (Phi) is 10.6. The monoisotopic (exact) mass is 417 g/mol. The molecular formula is C18H25Cl2N3O4. The van der Waals surface area contributed by atoms with Crippen molar-refractivity contribution in [3.05, 3.63) is 28.2 Å². The molecule has 0 fully saturated rings. The third-order valence-electron chi connectivity index (χ3n) is 3.44. The van der Waals surface area contributed by atoms with E-state index in [2.05, 4.69) is 16.2 Å². The van der Waals surface area contributed by atoms with Crippen molar-refractivity contribution < 1.29 is 19.1 Å². The topological polar surface area (TPSA) is 96.5 Å². The van der Waals surface area contributed by atoms with E-state index in [0.29, 0.717) is 34.6 Å². The predicted octanol–water partition coefficient (Wildman–Crippen LogP) is 2.85. The summed E-state index contributed by atoms with van der Waals surface area (Å²) in [4.78, 5) is 34.8. The predicted molar refractivity (Wildman–Crippen MR) is 105 cm³/mol. The van der Waals surface area contributed by atoms with E-state index in [9.17, 15) is 14.4 Å². The van der Waals surface area contributed by atoms with E-state index in [1.165, 1.54) is 0 Å². The Bertz CT molecular complexity index is 653. The Hall–Kier alpha value is -1.99. The van der Waals surface area contributed by atoms with Gasteiger partial charge >= 0.3 is 0 Å². The van der Waals surface area contributed by atoms with Gasteiger partial charge in [-0.1, -0.05) is 37.0 Å². The molecule has 1 aromatic carbocycles. The molecule has 9 heteroatoms. The van der Waals surface area contributed by atoms with Crippen LogP contribution < -0.4 is 20.9 Å². The molecule has 0 unspecified atom stereocenters. The summed E-state index contributed by atoms with van der Waals surface area (Å²) < 4.78 is 5.47. The van der Waals surface area contributed by atoms with Crippen LogP contribution in [-0.2, 0) is 14.4 Å². The van der Waals surface area contributed by atoms with Crippen molar-refractivity contribution >= 4 is 40.9 Å². The van der Waals surface area contributed by atoms with Crippen molar-refractivity contribution in [2.45, 2.75) is 39.5 Å². The van der Waals surface area contributed by atoms with Crippen LogP contribution in [0.4, 0.5) is 0 Å². The van der Waals surface area contributed by atoms with Crippen LogP contribution in [0.5, 0.6) is 5.75 Å². The summed E-state index contributed by atoms with van der Waals surface area (Å²) in [7, 11) is 0. The fourth-order valence-corrected chi connectivity index (χ4v) is 2.40. The van der Waals surface area contributed by atoms with Gasteiger partial charge in [0.05, 0.1) is 18.2 Å². The molecule has 0 spiro atoms. The van der Waals surface area contributed by atoms with Crippen LogP contribution in [0.2, 0.25) is 10.0 Å². The van der Waals surface area contributed by atoms with Crippen molar-refractivity contribution in [1.29, 1.82) is 0 Å². The van der Waals surface area contributed by atoms with Crippen LogP contribution in [0.25, 0.3) is 0 Å². The van der Waals surface area contributed by atoms with Crippen molar-refractivity contribution in [2.24, 2.45) is 5.92 Å². The first-order chi connectivity index (χ1) is 12.8. The van der Waals surface area contributed by atoms with E-state index in [1.807, 2.05) is 13.8 Å². The molecule has 0 aliphatic carbocycles. The Balaban J connectivity index is 2.12. The Morgan fingerprint density at radius 2 is 1.74 bits per heavy atom. The molecule has 7 nitrogen and oxygen atoms in total. The fourth-order valence-electron chi connectivity index (χ4n) is 1.94. The van der Waals surface area contributed by atoms with Crippen LogP contribution in [0, 0.1) is 5.92 Å². The maximum Gasteiger partial charge on any atom is 0.257 e. The molecule has 27 heavy (non-hydrogen) atoms. The smallest absolute Gasteiger partial charge is 0.257 e. The van der Waals surface area contributed by atoms with E-state index in [-0.39, 0.29) is 31.4 Å². The molecule has 0 atom stereocenters. The van der Waals surface area contributed by atoms with E-state index >= 15 is 0 Å². The number of benzene rings is 1. The molecule has 1 rings (SSSR count). The average molecular weight is 418 g/mol. The summed E-state index contributed by atoms with van der Waals surface area (Å²) in [6.45, 7) is 4.14. The third-order valence-corrected chi connectivity index (χ3v) is 3.97. The minimum absolute atomic E-state index is 0.159. The molecule has 0 aliphatic heterocycles. The molecule has 0 heterocycles. The quantitative estimate of drug-likeness (QED) is 0.402. The SMILES string of the molecule is CC(C)CCC(=O)NCC(=O)NNC(=O)CCCOc1ccc(Cl)cc1Cl. The molecule has 0 aliphatic rings. The number of rotatable bonds is 10. The molecule has 1 aromatic rings. The number of nitrogens with one attached hydrogen (secondary N) is 3. The summed E-state index contributed by atoms with van der Waals surface area (Å²) >= 11 is 11.8. The lowest BCUT2D eigenvalue weighted by molar-refractivity contribution is -0.129. The Morgan fingerprint density at radius 3 is 2.41 bits per heavy atom. The first-order valence-electron chi connectivity index (χ1n) is 8.70. The van der Waals surface area contributed by atoms with Crippen molar-refractivity contribution in [1.82, 2.24) is 16.2 Å². The molecule has 3 N–H and O–H groups in total. The van der Waals surface area contributed by atoms with Crippen LogP contribution in [-0.4, -0.2) is 30.9 Å². The van der Waals surface area contributed by atoms with Gasteiger partial charge in [0.15, 0.2) is 0 Å². The highest BCUT2D eigenvalue weighted by Crippen LogP contribution is 2.27. The lowest BCUT2D eigenvalue weighted by Crippen LogP contribution is -2.46. The van der Waals surface area contributed by atoms with Crippen LogP contribution in [0.1, 0.15) is 39.5 Å². The molecule has 3 amide bonds. The van der Waals surface area contributed by atoms with Crippen LogP contribution >= 0.6 is 23.2 Å². The first-order valence-corrected chi connectivity index (χ1v) is 9.45. The number of halogens is 2. The number of carbonyl (C=O) groups excluding carboxylic acids is 3. The highest BCUT2D eigenvalue weighted by molar-refractivity contribution is 6.35. The van der Waals surface area contributed by atoms with Crippen molar-refractivity contribution in [3.8, 4) is 5.75 Å². The van der Waals surface area contributed by atoms with Gasteiger partial charge in [-0.25, -0.2) is 0 Å². The zero-order chi connectivity index (χ0) is 20.2. The van der Waals surface area contributed by atoms with Gasteiger partial charge in [0.25, 0.3) is 5.91 Å². The lowest BCUT2D eigenvalue weighted by atomic mass is 10.1. The largest absolute Gasteiger partial charge is 0.492 e. The maximum absolute atomic E-state index is 11.7. The average Bonchev–Trinajstić information content (AvgIpc) is 2.61. The van der Waals surface area contributed by atoms with Gasteiger partial charge in [0, 0.05) is 17.9 Å². The summed E-state index contributed by atoms with van der Waals surface area (Å²) in [5.74, 6) is -0.138. The van der Waals surface area contributed by atoms with Crippen molar-refractivity contribution in [2.75, 3.05) is 13.2 Å². The summed E-state index contributed by atoms with van der Waals surface area (Å²) in [6.07, 6.45) is 1.72. The molecule has 0 saturated heterocycles. The molecule has 0 aromatic heterocycles. The second-order valence-corrected chi connectivity index (χ2v) is 7.18. The fraction of sp³-hybridized carbons (Fsp3) is 0.500. The number of ether oxygens (including phenoxy) is 1. The normalized spacial score (nSPS) is 10.4. The minimum Gasteiger partial charge on any atom is -0.492 e. The van der Waals surface area contributed by atoms with Crippen molar-refractivity contribution in [3.63, 3.8) is 0 Å². The van der Waals surface area contributed by atoms with Gasteiger partial charge in [-0.2, -0.15) is 0 Å². The Morgan fingerprint density at radius 1 is 1.04 bits per heavy atom. The third kappa shape index (κ3) is 10.7. The van der Waals surface area contributed by atoms with Gasteiger partial charge < -0.3 is 10.1 Å². The van der Waals surface area contributed by atoms with Gasteiger partial charge in [0.2, 0.25) is 11.8 Å². The molecule has 150 valence electrons. The van der Waals surface area contributed by atoms with E-state index in [0.717, 1.165) is 6.42 Å². The van der Waals surface area contributed by atoms with Gasteiger partial charge in [-0.05, 0) is 37.0 Å². The zero-order valence-electron chi connectivity index (χ0n) is 15.4. The summed E-state index contributed by atoms with van der Waals surface area (Å²) in [5, 5.41) is 3.41. The minimum atomic E-state index is -0.495. The zero-order valence-corrected chi connectivity index (χ0v) is 17.0. The van der Waals surface area contributed by atoms with E-state index in [4.69, 9.17) is 27.9 Å². The van der Waals surface area contributed by atoms with Gasteiger partial charge in [0.1, 0.15) is 5.75 Å². The summed E-state index contributed by atoms with van der Waals surface area (Å²) in [6, 6.07) is 4.88. The standard InChI is InChI=1S/C18H25Cl2N3O4/c1-12(2)5-8-16(24)21-11-18(26)23-22-17(25)4-3-9-27-15-7-6-13(19)10-14(15)20/h6-7,10,12H,3-5,8-9,11H2,1-2H3,(H,21,24)(H,22,25)(H,23,26). The highest BCUT2D eigenvalue weighted by Gasteiger charge is 2.08. The lowest BCUT2D eigenvalue weighted by Gasteiger charge is -2.10. The summed E-state index contributed by atoms with van der Waals surface area (Å²) in [5.41, 5.74) is 4.53. The highest BCUT2D eigenvalue weighted by atomic mass is 35.5. The van der Waals surface area contributed by atoms with E-state index < -0.39 is 5.91 Å².